The summed E-state index contributed by atoms with van der Waals surface area (Å²) in [6.45, 7) is 5.75. The SMILES string of the molecule is Cc1nc2ccc(NCCOC(=O)N3CCNCC3)cc2o1.Cl.Cl. The molecule has 0 radical (unpaired) electrons. The third-order valence-electron chi connectivity index (χ3n) is 3.53. The maximum Gasteiger partial charge on any atom is 0.409 e. The number of benzene rings is 1. The molecule has 1 aromatic carbocycles. The molecular weight excluding hydrogens is 355 g/mol. The van der Waals surface area contributed by atoms with Gasteiger partial charge in [0.1, 0.15) is 12.1 Å². The fraction of sp³-hybridized carbons (Fsp3) is 0.467. The lowest BCUT2D eigenvalue weighted by Gasteiger charge is -2.26. The van der Waals surface area contributed by atoms with E-state index in [-0.39, 0.29) is 30.9 Å². The van der Waals surface area contributed by atoms with Crippen molar-refractivity contribution in [2.45, 2.75) is 6.92 Å². The smallest absolute Gasteiger partial charge is 0.409 e. The first-order chi connectivity index (χ1) is 10.7. The second kappa shape index (κ2) is 9.56. The highest BCUT2D eigenvalue weighted by Gasteiger charge is 2.16. The number of oxazole rings is 1. The van der Waals surface area contributed by atoms with Crippen molar-refractivity contribution < 1.29 is 13.9 Å². The first-order valence-corrected chi connectivity index (χ1v) is 7.46. The van der Waals surface area contributed by atoms with Crippen molar-refractivity contribution in [3.05, 3.63) is 24.1 Å². The molecule has 134 valence electrons. The summed E-state index contributed by atoms with van der Waals surface area (Å²) in [5.41, 5.74) is 2.51. The van der Waals surface area contributed by atoms with E-state index in [2.05, 4.69) is 15.6 Å². The normalized spacial score (nSPS) is 13.8. The Labute approximate surface area is 152 Å². The molecule has 0 saturated carbocycles. The Bertz CT molecular complexity index is 659. The highest BCUT2D eigenvalue weighted by molar-refractivity contribution is 5.85. The molecule has 1 aromatic heterocycles. The van der Waals surface area contributed by atoms with Gasteiger partial charge in [0.05, 0.1) is 0 Å². The Kier molecular flexibility index (Phi) is 8.10. The molecular formula is C15H22Cl2N4O3. The average Bonchev–Trinajstić information content (AvgIpc) is 2.91. The standard InChI is InChI=1S/C15H20N4O3.2ClH/c1-11-18-13-3-2-12(10-14(13)22-11)17-6-9-21-15(20)19-7-4-16-5-8-19;;/h2-3,10,16-17H,4-9H2,1H3;2*1H. The number of aromatic nitrogens is 1. The molecule has 0 spiro atoms. The van der Waals surface area contributed by atoms with Crippen LogP contribution in [0.5, 0.6) is 0 Å². The highest BCUT2D eigenvalue weighted by Crippen LogP contribution is 2.19. The van der Waals surface area contributed by atoms with E-state index in [0.717, 1.165) is 29.9 Å². The number of nitrogens with zero attached hydrogens (tertiary/aromatic N) is 2. The summed E-state index contributed by atoms with van der Waals surface area (Å²) in [5, 5.41) is 6.41. The number of ether oxygens (including phenoxy) is 1. The summed E-state index contributed by atoms with van der Waals surface area (Å²) in [4.78, 5) is 17.8. The molecule has 0 atom stereocenters. The number of anilines is 1. The second-order valence-corrected chi connectivity index (χ2v) is 5.19. The molecule has 1 saturated heterocycles. The quantitative estimate of drug-likeness (QED) is 0.797. The Balaban J connectivity index is 0.00000144. The predicted molar refractivity (Wildman–Crippen MR) is 97.5 cm³/mol. The van der Waals surface area contributed by atoms with Crippen molar-refractivity contribution in [1.29, 1.82) is 0 Å². The molecule has 0 aliphatic carbocycles. The van der Waals surface area contributed by atoms with Crippen molar-refractivity contribution >= 4 is 47.7 Å². The fourth-order valence-electron chi connectivity index (χ4n) is 2.42. The minimum atomic E-state index is -0.246. The molecule has 3 rings (SSSR count). The van der Waals surface area contributed by atoms with Gasteiger partial charge in [-0.3, -0.25) is 0 Å². The lowest BCUT2D eigenvalue weighted by molar-refractivity contribution is 0.101. The molecule has 0 bridgehead atoms. The van der Waals surface area contributed by atoms with Gasteiger partial charge >= 0.3 is 6.09 Å². The Hall–Kier alpha value is -1.70. The molecule has 1 amide bonds. The van der Waals surface area contributed by atoms with E-state index in [4.69, 9.17) is 9.15 Å². The first kappa shape index (κ1) is 20.3. The maximum atomic E-state index is 11.8. The molecule has 1 aliphatic heterocycles. The first-order valence-electron chi connectivity index (χ1n) is 7.46. The van der Waals surface area contributed by atoms with E-state index in [0.29, 0.717) is 32.1 Å². The van der Waals surface area contributed by atoms with Gasteiger partial charge in [-0.15, -0.1) is 24.8 Å². The van der Waals surface area contributed by atoms with Gasteiger partial charge < -0.3 is 24.7 Å². The molecule has 2 N–H and O–H groups in total. The van der Waals surface area contributed by atoms with E-state index >= 15 is 0 Å². The van der Waals surface area contributed by atoms with Gasteiger partial charge in [0.15, 0.2) is 11.5 Å². The summed E-state index contributed by atoms with van der Waals surface area (Å²) in [6.07, 6.45) is -0.246. The van der Waals surface area contributed by atoms with Crippen LogP contribution in [0.15, 0.2) is 22.6 Å². The molecule has 2 heterocycles. The van der Waals surface area contributed by atoms with Crippen LogP contribution in [0.3, 0.4) is 0 Å². The number of hydrogen-bond acceptors (Lipinski definition) is 6. The van der Waals surface area contributed by atoms with Gasteiger partial charge in [0.25, 0.3) is 0 Å². The summed E-state index contributed by atoms with van der Waals surface area (Å²) in [7, 11) is 0. The molecule has 9 heteroatoms. The molecule has 24 heavy (non-hydrogen) atoms. The molecule has 7 nitrogen and oxygen atoms in total. The number of piperazine rings is 1. The largest absolute Gasteiger partial charge is 0.448 e. The third kappa shape index (κ3) is 5.15. The van der Waals surface area contributed by atoms with Crippen LogP contribution in [0.4, 0.5) is 10.5 Å². The number of rotatable bonds is 4. The summed E-state index contributed by atoms with van der Waals surface area (Å²) < 4.78 is 10.7. The number of amides is 1. The topological polar surface area (TPSA) is 79.6 Å². The number of nitrogens with one attached hydrogen (secondary N) is 2. The monoisotopic (exact) mass is 376 g/mol. The van der Waals surface area contributed by atoms with Gasteiger partial charge in [-0.1, -0.05) is 0 Å². The second-order valence-electron chi connectivity index (χ2n) is 5.19. The van der Waals surface area contributed by atoms with Crippen molar-refractivity contribution in [3.8, 4) is 0 Å². The number of halogens is 2. The number of hydrogen-bond donors (Lipinski definition) is 2. The number of fused-ring (bicyclic) bond motifs is 1. The highest BCUT2D eigenvalue weighted by atomic mass is 35.5. The van der Waals surface area contributed by atoms with Gasteiger partial charge in [0.2, 0.25) is 0 Å². The van der Waals surface area contributed by atoms with Crippen molar-refractivity contribution in [1.82, 2.24) is 15.2 Å². The number of carbonyl (C=O) groups excluding carboxylic acids is 1. The van der Waals surface area contributed by atoms with Crippen LogP contribution in [0.1, 0.15) is 5.89 Å². The number of carbonyl (C=O) groups is 1. The zero-order valence-electron chi connectivity index (χ0n) is 13.4. The van der Waals surface area contributed by atoms with Gasteiger partial charge in [-0.05, 0) is 12.1 Å². The van der Waals surface area contributed by atoms with Crippen LogP contribution < -0.4 is 10.6 Å². The van der Waals surface area contributed by atoms with Gasteiger partial charge in [-0.2, -0.15) is 0 Å². The van der Waals surface area contributed by atoms with Crippen molar-refractivity contribution in [2.75, 3.05) is 44.6 Å². The van der Waals surface area contributed by atoms with Crippen molar-refractivity contribution in [2.24, 2.45) is 0 Å². The summed E-state index contributed by atoms with van der Waals surface area (Å²) in [5.74, 6) is 0.650. The van der Waals surface area contributed by atoms with Crippen LogP contribution in [0.25, 0.3) is 11.1 Å². The Morgan fingerprint density at radius 1 is 1.38 bits per heavy atom. The van der Waals surface area contributed by atoms with Gasteiger partial charge in [0, 0.05) is 51.4 Å². The minimum absolute atomic E-state index is 0. The molecule has 0 unspecified atom stereocenters. The van der Waals surface area contributed by atoms with Crippen LogP contribution in [-0.2, 0) is 4.74 Å². The van der Waals surface area contributed by atoms with Gasteiger partial charge in [-0.25, -0.2) is 9.78 Å². The fourth-order valence-corrected chi connectivity index (χ4v) is 2.42. The van der Waals surface area contributed by atoms with Crippen LogP contribution in [0, 0.1) is 6.92 Å². The summed E-state index contributed by atoms with van der Waals surface area (Å²) in [6, 6.07) is 5.73. The van der Waals surface area contributed by atoms with E-state index in [9.17, 15) is 4.79 Å². The summed E-state index contributed by atoms with van der Waals surface area (Å²) >= 11 is 0. The van der Waals surface area contributed by atoms with E-state index in [1.54, 1.807) is 4.90 Å². The molecule has 1 fully saturated rings. The minimum Gasteiger partial charge on any atom is -0.448 e. The molecule has 2 aromatic rings. The molecule has 1 aliphatic rings. The third-order valence-corrected chi connectivity index (χ3v) is 3.53. The Morgan fingerprint density at radius 2 is 2.12 bits per heavy atom. The Morgan fingerprint density at radius 3 is 2.88 bits per heavy atom. The zero-order chi connectivity index (χ0) is 15.4. The van der Waals surface area contributed by atoms with Crippen LogP contribution in [-0.4, -0.2) is 55.3 Å². The lowest BCUT2D eigenvalue weighted by atomic mass is 10.3. The van der Waals surface area contributed by atoms with Crippen LogP contribution >= 0.6 is 24.8 Å². The van der Waals surface area contributed by atoms with E-state index in [1.165, 1.54) is 0 Å². The van der Waals surface area contributed by atoms with E-state index < -0.39 is 0 Å². The lowest BCUT2D eigenvalue weighted by Crippen LogP contribution is -2.46. The zero-order valence-corrected chi connectivity index (χ0v) is 15.0. The van der Waals surface area contributed by atoms with Crippen LogP contribution in [0.2, 0.25) is 0 Å². The maximum absolute atomic E-state index is 11.8. The average molecular weight is 377 g/mol. The number of aryl methyl sites for hydroxylation is 1. The predicted octanol–water partition coefficient (Wildman–Crippen LogP) is 2.43. The van der Waals surface area contributed by atoms with E-state index in [1.807, 2.05) is 25.1 Å². The van der Waals surface area contributed by atoms with Crippen molar-refractivity contribution in [3.63, 3.8) is 0 Å².